The smallest absolute Gasteiger partial charge is 0.257 e. The summed E-state index contributed by atoms with van der Waals surface area (Å²) in [6.07, 6.45) is -0.649. The van der Waals surface area contributed by atoms with Crippen molar-refractivity contribution in [1.82, 2.24) is 5.32 Å². The number of rotatable bonds is 5. The van der Waals surface area contributed by atoms with E-state index in [-0.39, 0.29) is 12.5 Å². The summed E-state index contributed by atoms with van der Waals surface area (Å²) in [7, 11) is 0. The molecule has 1 atom stereocenters. The van der Waals surface area contributed by atoms with Crippen molar-refractivity contribution < 1.29 is 14.6 Å². The van der Waals surface area contributed by atoms with E-state index in [1.54, 1.807) is 6.92 Å². The summed E-state index contributed by atoms with van der Waals surface area (Å²) in [6, 6.07) is 11.5. The van der Waals surface area contributed by atoms with Gasteiger partial charge in [-0.1, -0.05) is 36.4 Å². The molecule has 106 valence electrons. The van der Waals surface area contributed by atoms with E-state index in [1.807, 2.05) is 43.3 Å². The number of aliphatic hydroxyl groups is 1. The Morgan fingerprint density at radius 1 is 1.30 bits per heavy atom. The second kappa shape index (κ2) is 6.39. The van der Waals surface area contributed by atoms with Crippen LogP contribution in [0.5, 0.6) is 5.75 Å². The predicted octanol–water partition coefficient (Wildman–Crippen LogP) is 2.41. The molecule has 2 aromatic rings. The minimum atomic E-state index is -0.649. The largest absolute Gasteiger partial charge is 0.483 e. The minimum Gasteiger partial charge on any atom is -0.483 e. The van der Waals surface area contributed by atoms with Crippen LogP contribution in [-0.2, 0) is 4.79 Å². The maximum atomic E-state index is 11.5. The highest BCUT2D eigenvalue weighted by molar-refractivity contribution is 5.90. The summed E-state index contributed by atoms with van der Waals surface area (Å²) in [6.45, 7) is 4.06. The van der Waals surface area contributed by atoms with Gasteiger partial charge in [0.25, 0.3) is 5.91 Å². The van der Waals surface area contributed by atoms with Gasteiger partial charge in [0, 0.05) is 17.5 Å². The van der Waals surface area contributed by atoms with Gasteiger partial charge in [-0.05, 0) is 19.2 Å². The zero-order valence-electron chi connectivity index (χ0n) is 11.7. The number of amides is 1. The van der Waals surface area contributed by atoms with Crippen LogP contribution in [0.4, 0.5) is 0 Å². The van der Waals surface area contributed by atoms with Crippen LogP contribution >= 0.6 is 0 Å². The number of carbonyl (C=O) groups excluding carboxylic acids is 1. The molecular formula is C16H19NO3. The molecule has 0 saturated carbocycles. The number of likely N-dealkylation sites (N-methyl/N-ethyl adjacent to an activating group) is 1. The van der Waals surface area contributed by atoms with Gasteiger partial charge in [-0.25, -0.2) is 0 Å². The Morgan fingerprint density at radius 3 is 2.75 bits per heavy atom. The average molecular weight is 273 g/mol. The normalized spacial score (nSPS) is 12.2. The molecule has 0 fully saturated rings. The highest BCUT2D eigenvalue weighted by atomic mass is 16.5. The Hall–Kier alpha value is -2.07. The molecule has 0 spiro atoms. The summed E-state index contributed by atoms with van der Waals surface area (Å²) in [5.41, 5.74) is 0.688. The summed E-state index contributed by atoms with van der Waals surface area (Å²) >= 11 is 0. The molecule has 1 amide bonds. The van der Waals surface area contributed by atoms with Gasteiger partial charge >= 0.3 is 0 Å². The number of ether oxygens (including phenoxy) is 1. The first-order chi connectivity index (χ1) is 9.63. The number of aliphatic hydroxyl groups excluding tert-OH is 1. The van der Waals surface area contributed by atoms with Crippen LogP contribution in [0.15, 0.2) is 36.4 Å². The topological polar surface area (TPSA) is 58.6 Å². The number of hydrogen-bond acceptors (Lipinski definition) is 3. The highest BCUT2D eigenvalue weighted by Crippen LogP contribution is 2.33. The summed E-state index contributed by atoms with van der Waals surface area (Å²) in [5.74, 6) is 0.404. The lowest BCUT2D eigenvalue weighted by atomic mass is 10.0. The van der Waals surface area contributed by atoms with E-state index in [1.165, 1.54) is 0 Å². The Kier molecular flexibility index (Phi) is 4.58. The number of nitrogens with one attached hydrogen (secondary N) is 1. The van der Waals surface area contributed by atoms with Crippen molar-refractivity contribution in [2.45, 2.75) is 20.0 Å². The fourth-order valence-electron chi connectivity index (χ4n) is 2.14. The van der Waals surface area contributed by atoms with Crippen molar-refractivity contribution in [3.63, 3.8) is 0 Å². The first kappa shape index (κ1) is 14.3. The van der Waals surface area contributed by atoms with Gasteiger partial charge in [0.2, 0.25) is 0 Å². The highest BCUT2D eigenvalue weighted by Gasteiger charge is 2.14. The molecule has 0 aliphatic carbocycles. The fraction of sp³-hybridized carbons (Fsp3) is 0.312. The summed E-state index contributed by atoms with van der Waals surface area (Å²) in [4.78, 5) is 11.5. The average Bonchev–Trinajstić information content (AvgIpc) is 2.44. The lowest BCUT2D eigenvalue weighted by Crippen LogP contribution is -2.28. The Morgan fingerprint density at radius 2 is 2.05 bits per heavy atom. The molecule has 2 rings (SSSR count). The molecular weight excluding hydrogens is 254 g/mol. The number of hydrogen-bond donors (Lipinski definition) is 2. The SMILES string of the molecule is CCNC(=O)COc1c([C@H](C)O)ccc2ccccc12. The van der Waals surface area contributed by atoms with Crippen molar-refractivity contribution in [2.24, 2.45) is 0 Å². The third kappa shape index (κ3) is 3.08. The molecule has 0 aliphatic heterocycles. The van der Waals surface area contributed by atoms with Crippen LogP contribution in [0, 0.1) is 0 Å². The van der Waals surface area contributed by atoms with E-state index in [0.717, 1.165) is 10.8 Å². The maximum Gasteiger partial charge on any atom is 0.257 e. The van der Waals surface area contributed by atoms with Crippen molar-refractivity contribution in [3.05, 3.63) is 42.0 Å². The van der Waals surface area contributed by atoms with Gasteiger partial charge in [-0.15, -0.1) is 0 Å². The molecule has 4 nitrogen and oxygen atoms in total. The number of benzene rings is 2. The predicted molar refractivity (Wildman–Crippen MR) is 78.8 cm³/mol. The quantitative estimate of drug-likeness (QED) is 0.879. The number of fused-ring (bicyclic) bond motifs is 1. The molecule has 0 heterocycles. The van der Waals surface area contributed by atoms with E-state index in [2.05, 4.69) is 5.32 Å². The van der Waals surface area contributed by atoms with Crippen molar-refractivity contribution >= 4 is 16.7 Å². The van der Waals surface area contributed by atoms with E-state index >= 15 is 0 Å². The zero-order valence-corrected chi connectivity index (χ0v) is 11.7. The molecule has 20 heavy (non-hydrogen) atoms. The summed E-state index contributed by atoms with van der Waals surface area (Å²) < 4.78 is 5.65. The second-order valence-electron chi connectivity index (χ2n) is 4.62. The Bertz CT molecular complexity index is 608. The zero-order chi connectivity index (χ0) is 14.5. The molecule has 0 aliphatic rings. The molecule has 4 heteroatoms. The molecule has 0 aromatic heterocycles. The third-order valence-electron chi connectivity index (χ3n) is 3.08. The molecule has 0 radical (unpaired) electrons. The molecule has 0 unspecified atom stereocenters. The molecule has 0 bridgehead atoms. The monoisotopic (exact) mass is 273 g/mol. The Labute approximate surface area is 118 Å². The second-order valence-corrected chi connectivity index (χ2v) is 4.62. The van der Waals surface area contributed by atoms with E-state index in [9.17, 15) is 9.90 Å². The third-order valence-corrected chi connectivity index (χ3v) is 3.08. The van der Waals surface area contributed by atoms with Crippen molar-refractivity contribution in [1.29, 1.82) is 0 Å². The maximum absolute atomic E-state index is 11.5. The first-order valence-corrected chi connectivity index (χ1v) is 6.72. The van der Waals surface area contributed by atoms with E-state index < -0.39 is 6.10 Å². The van der Waals surface area contributed by atoms with Crippen molar-refractivity contribution in [3.8, 4) is 5.75 Å². The molecule has 2 N–H and O–H groups in total. The van der Waals surface area contributed by atoms with Crippen molar-refractivity contribution in [2.75, 3.05) is 13.2 Å². The standard InChI is InChI=1S/C16H19NO3/c1-3-17-15(19)10-20-16-13(11(2)18)9-8-12-6-4-5-7-14(12)16/h4-9,11,18H,3,10H2,1-2H3,(H,17,19)/t11-/m0/s1. The molecule has 0 saturated heterocycles. The van der Waals surface area contributed by atoms with Crippen LogP contribution in [0.25, 0.3) is 10.8 Å². The van der Waals surface area contributed by atoms with Gasteiger partial charge in [0.15, 0.2) is 6.61 Å². The fourth-order valence-corrected chi connectivity index (χ4v) is 2.14. The molecule has 2 aromatic carbocycles. The van der Waals surface area contributed by atoms with Crippen LogP contribution in [0.2, 0.25) is 0 Å². The van der Waals surface area contributed by atoms with Crippen LogP contribution in [0.1, 0.15) is 25.5 Å². The van der Waals surface area contributed by atoms with Crippen LogP contribution < -0.4 is 10.1 Å². The number of carbonyl (C=O) groups is 1. The van der Waals surface area contributed by atoms with Gasteiger partial charge in [-0.2, -0.15) is 0 Å². The summed E-state index contributed by atoms with van der Waals surface area (Å²) in [5, 5.41) is 14.5. The van der Waals surface area contributed by atoms with Gasteiger partial charge in [-0.3, -0.25) is 4.79 Å². The lowest BCUT2D eigenvalue weighted by molar-refractivity contribution is -0.122. The van der Waals surface area contributed by atoms with Crippen LogP contribution in [0.3, 0.4) is 0 Å². The van der Waals surface area contributed by atoms with E-state index in [0.29, 0.717) is 17.9 Å². The van der Waals surface area contributed by atoms with E-state index in [4.69, 9.17) is 4.74 Å². The van der Waals surface area contributed by atoms with Gasteiger partial charge in [0.05, 0.1) is 6.10 Å². The first-order valence-electron chi connectivity index (χ1n) is 6.72. The van der Waals surface area contributed by atoms with Gasteiger partial charge < -0.3 is 15.2 Å². The van der Waals surface area contributed by atoms with Gasteiger partial charge in [0.1, 0.15) is 5.75 Å². The minimum absolute atomic E-state index is 0.0540. The lowest BCUT2D eigenvalue weighted by Gasteiger charge is -2.16. The van der Waals surface area contributed by atoms with Crippen LogP contribution in [-0.4, -0.2) is 24.2 Å². The Balaban J connectivity index is 2.37.